The second-order valence-corrected chi connectivity index (χ2v) is 4.90. The Morgan fingerprint density at radius 1 is 1.11 bits per heavy atom. The molecule has 0 amide bonds. The Bertz CT molecular complexity index is 576. The van der Waals surface area contributed by atoms with Gasteiger partial charge in [0, 0.05) is 17.9 Å². The van der Waals surface area contributed by atoms with E-state index in [1.165, 1.54) is 6.20 Å². The van der Waals surface area contributed by atoms with Crippen molar-refractivity contribution in [2.45, 2.75) is 19.3 Å². The molecule has 98 valence electrons. The van der Waals surface area contributed by atoms with Gasteiger partial charge in [-0.1, -0.05) is 23.2 Å². The molecule has 1 saturated carbocycles. The van der Waals surface area contributed by atoms with Gasteiger partial charge >= 0.3 is 0 Å². The van der Waals surface area contributed by atoms with E-state index >= 15 is 0 Å². The third-order valence-electron chi connectivity index (χ3n) is 2.67. The average Bonchev–Trinajstić information content (AvgIpc) is 2.35. The zero-order valence-electron chi connectivity index (χ0n) is 9.90. The number of ketones is 2. The SMILES string of the molecule is O=C1CCCC(=O)C1=CN=Nc1ccc(Cl)cc1Cl. The minimum absolute atomic E-state index is 0.111. The molecule has 0 radical (unpaired) electrons. The lowest BCUT2D eigenvalue weighted by atomic mass is 9.93. The Kier molecular flexibility index (Phi) is 4.45. The predicted molar refractivity (Wildman–Crippen MR) is 72.9 cm³/mol. The first kappa shape index (κ1) is 13.9. The van der Waals surface area contributed by atoms with E-state index in [1.54, 1.807) is 18.2 Å². The molecule has 0 heterocycles. The summed E-state index contributed by atoms with van der Waals surface area (Å²) in [7, 11) is 0. The number of allylic oxidation sites excluding steroid dienone is 1. The van der Waals surface area contributed by atoms with Gasteiger partial charge in [-0.2, -0.15) is 5.11 Å². The van der Waals surface area contributed by atoms with Gasteiger partial charge in [-0.25, -0.2) is 0 Å². The highest BCUT2D eigenvalue weighted by Crippen LogP contribution is 2.28. The minimum Gasteiger partial charge on any atom is -0.294 e. The van der Waals surface area contributed by atoms with Gasteiger partial charge in [-0.05, 0) is 24.6 Å². The van der Waals surface area contributed by atoms with E-state index in [-0.39, 0.29) is 17.1 Å². The molecule has 2 rings (SSSR count). The molecule has 0 saturated heterocycles. The van der Waals surface area contributed by atoms with E-state index in [0.29, 0.717) is 35.0 Å². The van der Waals surface area contributed by atoms with E-state index in [1.807, 2.05) is 0 Å². The third-order valence-corrected chi connectivity index (χ3v) is 3.21. The number of carbonyl (C=O) groups excluding carboxylic acids is 2. The van der Waals surface area contributed by atoms with Crippen molar-refractivity contribution >= 4 is 40.5 Å². The second-order valence-electron chi connectivity index (χ2n) is 4.05. The van der Waals surface area contributed by atoms with Crippen LogP contribution in [0.15, 0.2) is 40.2 Å². The molecule has 0 aliphatic heterocycles. The highest BCUT2D eigenvalue weighted by Gasteiger charge is 2.22. The van der Waals surface area contributed by atoms with Crippen LogP contribution in [-0.4, -0.2) is 11.6 Å². The van der Waals surface area contributed by atoms with Crippen LogP contribution in [0.2, 0.25) is 10.0 Å². The lowest BCUT2D eigenvalue weighted by Gasteiger charge is -2.09. The van der Waals surface area contributed by atoms with Crippen molar-refractivity contribution in [3.05, 3.63) is 40.0 Å². The summed E-state index contributed by atoms with van der Waals surface area (Å²) in [4.78, 5) is 23.0. The van der Waals surface area contributed by atoms with E-state index < -0.39 is 0 Å². The Hall–Kier alpha value is -1.52. The normalized spacial score (nSPS) is 16.2. The van der Waals surface area contributed by atoms with Crippen molar-refractivity contribution < 1.29 is 9.59 Å². The number of rotatable bonds is 2. The van der Waals surface area contributed by atoms with Gasteiger partial charge in [0.15, 0.2) is 11.6 Å². The average molecular weight is 297 g/mol. The van der Waals surface area contributed by atoms with Crippen molar-refractivity contribution in [3.8, 4) is 0 Å². The smallest absolute Gasteiger partial charge is 0.168 e. The van der Waals surface area contributed by atoms with E-state index in [0.717, 1.165) is 0 Å². The molecule has 1 aromatic rings. The Balaban J connectivity index is 2.18. The number of benzene rings is 1. The summed E-state index contributed by atoms with van der Waals surface area (Å²) in [5.41, 5.74) is 0.540. The molecule has 6 heteroatoms. The summed E-state index contributed by atoms with van der Waals surface area (Å²) in [5.74, 6) is -0.366. The van der Waals surface area contributed by atoms with Gasteiger partial charge in [0.05, 0.1) is 16.8 Å². The number of carbonyl (C=O) groups is 2. The predicted octanol–water partition coefficient (Wildman–Crippen LogP) is 4.28. The van der Waals surface area contributed by atoms with Crippen molar-refractivity contribution in [1.82, 2.24) is 0 Å². The summed E-state index contributed by atoms with van der Waals surface area (Å²) in [6, 6.07) is 4.78. The third kappa shape index (κ3) is 3.49. The number of Topliss-reactive ketones (excluding diaryl/α,β-unsaturated/α-hetero) is 2. The lowest BCUT2D eigenvalue weighted by Crippen LogP contribution is -2.18. The quantitative estimate of drug-likeness (QED) is 0.464. The topological polar surface area (TPSA) is 58.9 Å². The van der Waals surface area contributed by atoms with Gasteiger partial charge in [0.2, 0.25) is 0 Å². The fourth-order valence-corrected chi connectivity index (χ4v) is 2.14. The lowest BCUT2D eigenvalue weighted by molar-refractivity contribution is -0.123. The summed E-state index contributed by atoms with van der Waals surface area (Å²) in [5, 5.41) is 8.47. The van der Waals surface area contributed by atoms with Crippen molar-refractivity contribution in [3.63, 3.8) is 0 Å². The largest absolute Gasteiger partial charge is 0.294 e. The van der Waals surface area contributed by atoms with Gasteiger partial charge < -0.3 is 0 Å². The van der Waals surface area contributed by atoms with Gasteiger partial charge in [0.25, 0.3) is 0 Å². The Morgan fingerprint density at radius 2 is 1.79 bits per heavy atom. The van der Waals surface area contributed by atoms with Crippen LogP contribution >= 0.6 is 23.2 Å². The molecule has 0 bridgehead atoms. The molecule has 0 unspecified atom stereocenters. The Labute approximate surface area is 120 Å². The first-order valence-electron chi connectivity index (χ1n) is 5.70. The Morgan fingerprint density at radius 3 is 2.42 bits per heavy atom. The zero-order chi connectivity index (χ0) is 13.8. The van der Waals surface area contributed by atoms with Crippen LogP contribution in [0.5, 0.6) is 0 Å². The highest BCUT2D eigenvalue weighted by atomic mass is 35.5. The fourth-order valence-electron chi connectivity index (χ4n) is 1.69. The molecule has 0 spiro atoms. The maximum absolute atomic E-state index is 11.5. The molecular formula is C13H10Cl2N2O2. The first-order valence-corrected chi connectivity index (χ1v) is 6.46. The summed E-state index contributed by atoms with van der Waals surface area (Å²) in [6.45, 7) is 0. The van der Waals surface area contributed by atoms with Crippen molar-refractivity contribution in [1.29, 1.82) is 0 Å². The molecule has 1 fully saturated rings. The highest BCUT2D eigenvalue weighted by molar-refractivity contribution is 6.36. The molecule has 0 atom stereocenters. The van der Waals surface area contributed by atoms with Crippen LogP contribution in [-0.2, 0) is 9.59 Å². The fraction of sp³-hybridized carbons (Fsp3) is 0.231. The van der Waals surface area contributed by atoms with E-state index in [2.05, 4.69) is 10.2 Å². The molecule has 19 heavy (non-hydrogen) atoms. The second kappa shape index (κ2) is 6.08. The van der Waals surface area contributed by atoms with Crippen LogP contribution in [0.3, 0.4) is 0 Å². The van der Waals surface area contributed by atoms with Crippen LogP contribution in [0.25, 0.3) is 0 Å². The van der Waals surface area contributed by atoms with E-state index in [4.69, 9.17) is 23.2 Å². The molecule has 1 aliphatic carbocycles. The van der Waals surface area contributed by atoms with Crippen molar-refractivity contribution in [2.75, 3.05) is 0 Å². The maximum Gasteiger partial charge on any atom is 0.168 e. The monoisotopic (exact) mass is 296 g/mol. The summed E-state index contributed by atoms with van der Waals surface area (Å²) in [6.07, 6.45) is 2.58. The molecule has 1 aliphatic rings. The van der Waals surface area contributed by atoms with Gasteiger partial charge in [-0.3, -0.25) is 9.59 Å². The molecular weight excluding hydrogens is 287 g/mol. The molecule has 4 nitrogen and oxygen atoms in total. The summed E-state index contributed by atoms with van der Waals surface area (Å²) < 4.78 is 0. The van der Waals surface area contributed by atoms with Gasteiger partial charge in [-0.15, -0.1) is 5.11 Å². The van der Waals surface area contributed by atoms with E-state index in [9.17, 15) is 9.59 Å². The number of hydrogen-bond acceptors (Lipinski definition) is 4. The van der Waals surface area contributed by atoms with Crippen LogP contribution in [0.1, 0.15) is 19.3 Å². The van der Waals surface area contributed by atoms with Crippen LogP contribution in [0.4, 0.5) is 5.69 Å². The van der Waals surface area contributed by atoms with Crippen LogP contribution < -0.4 is 0 Å². The maximum atomic E-state index is 11.5. The number of halogens is 2. The zero-order valence-corrected chi connectivity index (χ0v) is 11.4. The number of nitrogens with zero attached hydrogens (tertiary/aromatic N) is 2. The van der Waals surface area contributed by atoms with Crippen LogP contribution in [0, 0.1) is 0 Å². The standard InChI is InChI=1S/C13H10Cl2N2O2/c14-8-4-5-11(10(15)6-8)17-16-7-9-12(18)2-1-3-13(9)19/h4-7H,1-3H2. The molecule has 0 aromatic heterocycles. The minimum atomic E-state index is -0.183. The van der Waals surface area contributed by atoms with Crippen molar-refractivity contribution in [2.24, 2.45) is 10.2 Å². The van der Waals surface area contributed by atoms with Gasteiger partial charge in [0.1, 0.15) is 5.69 Å². The molecule has 0 N–H and O–H groups in total. The molecule has 1 aromatic carbocycles. The summed E-state index contributed by atoms with van der Waals surface area (Å²) >= 11 is 11.7. The number of hydrogen-bond donors (Lipinski definition) is 0. The first-order chi connectivity index (χ1) is 9.08. The number of azo groups is 1.